The Hall–Kier alpha value is -2.93. The molecular formula is C20H22N4O2S. The third-order valence-electron chi connectivity index (χ3n) is 4.95. The van der Waals surface area contributed by atoms with Crippen LogP contribution in [-0.2, 0) is 10.3 Å². The lowest BCUT2D eigenvalue weighted by atomic mass is 9.87. The van der Waals surface area contributed by atoms with E-state index in [0.717, 1.165) is 27.4 Å². The normalized spacial score (nSPS) is 19.0. The number of hydrogen-bond donors (Lipinski definition) is 3. The molecule has 2 aromatic rings. The van der Waals surface area contributed by atoms with Crippen LogP contribution >= 0.6 is 12.2 Å². The molecule has 6 nitrogen and oxygen atoms in total. The highest BCUT2D eigenvalue weighted by atomic mass is 32.1. The van der Waals surface area contributed by atoms with Gasteiger partial charge >= 0.3 is 6.03 Å². The molecule has 0 aliphatic carbocycles. The number of thiocarbonyl (C=S) groups is 1. The second kappa shape index (κ2) is 7.36. The van der Waals surface area contributed by atoms with Crippen LogP contribution in [0.2, 0.25) is 0 Å². The van der Waals surface area contributed by atoms with Crippen molar-refractivity contribution in [3.63, 3.8) is 0 Å². The average molecular weight is 382 g/mol. The first-order valence-electron chi connectivity index (χ1n) is 8.75. The molecular weight excluding hydrogens is 360 g/mol. The van der Waals surface area contributed by atoms with Gasteiger partial charge in [-0.15, -0.1) is 0 Å². The molecule has 3 N–H and O–H groups in total. The zero-order valence-corrected chi connectivity index (χ0v) is 16.3. The standard InChI is InChI=1S/C20H22N4O2S/c1-4-20(15-10-6-5-7-11-15)17(25)24(19(26)22-20)23-18(27)21-16-12-8-9-13(2)14(16)3/h5-12H,4H2,1-3H3,(H,22,26)(H2,21,23,27)/t20-/m0/s1. The molecule has 0 spiro atoms. The van der Waals surface area contributed by atoms with Crippen LogP contribution in [0.15, 0.2) is 48.5 Å². The van der Waals surface area contributed by atoms with Crippen molar-refractivity contribution in [2.24, 2.45) is 0 Å². The number of benzene rings is 2. The van der Waals surface area contributed by atoms with E-state index in [0.29, 0.717) is 6.42 Å². The molecule has 1 atom stereocenters. The van der Waals surface area contributed by atoms with E-state index in [2.05, 4.69) is 16.1 Å². The summed E-state index contributed by atoms with van der Waals surface area (Å²) in [5.74, 6) is -0.383. The molecule has 0 unspecified atom stereocenters. The second-order valence-electron chi connectivity index (χ2n) is 6.51. The van der Waals surface area contributed by atoms with Gasteiger partial charge in [-0.05, 0) is 55.2 Å². The minimum atomic E-state index is -1.10. The van der Waals surface area contributed by atoms with Gasteiger partial charge in [0.15, 0.2) is 5.11 Å². The van der Waals surface area contributed by atoms with Crippen LogP contribution in [-0.4, -0.2) is 22.1 Å². The lowest BCUT2D eigenvalue weighted by molar-refractivity contribution is -0.133. The second-order valence-corrected chi connectivity index (χ2v) is 6.92. The quantitative estimate of drug-likeness (QED) is 0.559. The Balaban J connectivity index is 1.79. The number of rotatable bonds is 4. The van der Waals surface area contributed by atoms with Gasteiger partial charge in [0.2, 0.25) is 0 Å². The Bertz CT molecular complexity index is 900. The van der Waals surface area contributed by atoms with Crippen molar-refractivity contribution in [2.45, 2.75) is 32.7 Å². The summed E-state index contributed by atoms with van der Waals surface area (Å²) in [7, 11) is 0. The van der Waals surface area contributed by atoms with Crippen molar-refractivity contribution in [1.29, 1.82) is 0 Å². The predicted molar refractivity (Wildman–Crippen MR) is 109 cm³/mol. The summed E-state index contributed by atoms with van der Waals surface area (Å²) in [5.41, 5.74) is 5.36. The van der Waals surface area contributed by atoms with E-state index >= 15 is 0 Å². The Morgan fingerprint density at radius 3 is 2.48 bits per heavy atom. The fourth-order valence-corrected chi connectivity index (χ4v) is 3.38. The molecule has 3 amide bonds. The van der Waals surface area contributed by atoms with E-state index < -0.39 is 11.6 Å². The molecule has 0 bridgehead atoms. The fourth-order valence-electron chi connectivity index (χ4n) is 3.18. The van der Waals surface area contributed by atoms with Crippen LogP contribution in [0.25, 0.3) is 0 Å². The number of nitrogens with one attached hydrogen (secondary N) is 3. The fraction of sp³-hybridized carbons (Fsp3) is 0.250. The van der Waals surface area contributed by atoms with E-state index in [1.54, 1.807) is 0 Å². The largest absolute Gasteiger partial charge is 0.344 e. The van der Waals surface area contributed by atoms with Crippen molar-refractivity contribution in [3.8, 4) is 0 Å². The molecule has 0 saturated carbocycles. The van der Waals surface area contributed by atoms with Crippen LogP contribution in [0.4, 0.5) is 10.5 Å². The third kappa shape index (κ3) is 3.38. The molecule has 1 aliphatic heterocycles. The number of hydrogen-bond acceptors (Lipinski definition) is 3. The summed E-state index contributed by atoms with van der Waals surface area (Å²) in [6.07, 6.45) is 0.428. The van der Waals surface area contributed by atoms with Crippen LogP contribution in [0, 0.1) is 13.8 Å². The summed E-state index contributed by atoms with van der Waals surface area (Å²) in [6, 6.07) is 14.5. The lowest BCUT2D eigenvalue weighted by Gasteiger charge is -2.26. The number of amides is 3. The molecule has 2 aromatic carbocycles. The van der Waals surface area contributed by atoms with Gasteiger partial charge in [0, 0.05) is 5.69 Å². The maximum absolute atomic E-state index is 13.1. The molecule has 0 aromatic heterocycles. The van der Waals surface area contributed by atoms with Gasteiger partial charge in [-0.1, -0.05) is 49.4 Å². The predicted octanol–water partition coefficient (Wildman–Crippen LogP) is 3.36. The van der Waals surface area contributed by atoms with Gasteiger partial charge < -0.3 is 10.6 Å². The topological polar surface area (TPSA) is 73.5 Å². The minimum Gasteiger partial charge on any atom is -0.331 e. The highest BCUT2D eigenvalue weighted by Crippen LogP contribution is 2.31. The molecule has 3 rings (SSSR count). The molecule has 0 radical (unpaired) electrons. The van der Waals surface area contributed by atoms with Crippen LogP contribution in [0.3, 0.4) is 0 Å². The molecule has 1 fully saturated rings. The number of hydrazine groups is 1. The van der Waals surface area contributed by atoms with Crippen molar-refractivity contribution >= 4 is 35.0 Å². The molecule has 1 saturated heterocycles. The zero-order valence-electron chi connectivity index (χ0n) is 15.5. The first kappa shape index (κ1) is 18.8. The third-order valence-corrected chi connectivity index (χ3v) is 5.15. The van der Waals surface area contributed by atoms with Crippen LogP contribution in [0.1, 0.15) is 30.0 Å². The summed E-state index contributed by atoms with van der Waals surface area (Å²) < 4.78 is 0. The summed E-state index contributed by atoms with van der Waals surface area (Å²) in [4.78, 5) is 25.6. The van der Waals surface area contributed by atoms with Crippen LogP contribution in [0.5, 0.6) is 0 Å². The number of anilines is 1. The van der Waals surface area contributed by atoms with Crippen molar-refractivity contribution in [1.82, 2.24) is 15.8 Å². The maximum Gasteiger partial charge on any atom is 0.344 e. The van der Waals surface area contributed by atoms with Crippen molar-refractivity contribution in [3.05, 3.63) is 65.2 Å². The number of urea groups is 1. The van der Waals surface area contributed by atoms with Gasteiger partial charge in [-0.3, -0.25) is 10.2 Å². The maximum atomic E-state index is 13.1. The number of aryl methyl sites for hydroxylation is 1. The monoisotopic (exact) mass is 382 g/mol. The molecule has 27 heavy (non-hydrogen) atoms. The summed E-state index contributed by atoms with van der Waals surface area (Å²) in [5, 5.41) is 6.98. The first-order chi connectivity index (χ1) is 12.9. The van der Waals surface area contributed by atoms with E-state index in [1.165, 1.54) is 0 Å². The Morgan fingerprint density at radius 2 is 1.81 bits per heavy atom. The smallest absolute Gasteiger partial charge is 0.331 e. The number of imide groups is 1. The summed E-state index contributed by atoms with van der Waals surface area (Å²) in [6.45, 7) is 5.84. The SMILES string of the molecule is CC[C@@]1(c2ccccc2)NC(=O)N(NC(=S)Nc2cccc(C)c2C)C1=O. The number of carbonyl (C=O) groups is 2. The van der Waals surface area contributed by atoms with E-state index in [-0.39, 0.29) is 11.0 Å². The van der Waals surface area contributed by atoms with Gasteiger partial charge in [0.25, 0.3) is 5.91 Å². The van der Waals surface area contributed by atoms with Gasteiger partial charge in [0.1, 0.15) is 5.54 Å². The van der Waals surface area contributed by atoms with Gasteiger partial charge in [-0.2, -0.15) is 5.01 Å². The lowest BCUT2D eigenvalue weighted by Crippen LogP contribution is -2.49. The number of carbonyl (C=O) groups excluding carboxylic acids is 2. The molecule has 1 aliphatic rings. The Kier molecular flexibility index (Phi) is 5.14. The first-order valence-corrected chi connectivity index (χ1v) is 9.16. The van der Waals surface area contributed by atoms with Crippen molar-refractivity contribution in [2.75, 3.05) is 5.32 Å². The molecule has 140 valence electrons. The van der Waals surface area contributed by atoms with E-state index in [4.69, 9.17) is 12.2 Å². The minimum absolute atomic E-state index is 0.173. The molecule has 1 heterocycles. The highest BCUT2D eigenvalue weighted by Gasteiger charge is 2.51. The van der Waals surface area contributed by atoms with E-state index in [9.17, 15) is 9.59 Å². The molecule has 7 heteroatoms. The summed E-state index contributed by atoms with van der Waals surface area (Å²) >= 11 is 5.31. The Labute approximate surface area is 163 Å². The highest BCUT2D eigenvalue weighted by molar-refractivity contribution is 7.80. The van der Waals surface area contributed by atoms with Gasteiger partial charge in [0.05, 0.1) is 0 Å². The van der Waals surface area contributed by atoms with E-state index in [1.807, 2.05) is 69.3 Å². The zero-order chi connectivity index (χ0) is 19.6. The van der Waals surface area contributed by atoms with Crippen LogP contribution < -0.4 is 16.1 Å². The van der Waals surface area contributed by atoms with Gasteiger partial charge in [-0.25, -0.2) is 4.79 Å². The Morgan fingerprint density at radius 1 is 1.11 bits per heavy atom. The van der Waals surface area contributed by atoms with Crippen molar-refractivity contribution < 1.29 is 9.59 Å². The number of nitrogens with zero attached hydrogens (tertiary/aromatic N) is 1. The average Bonchev–Trinajstić information content (AvgIpc) is 2.91.